The first-order valence-corrected chi connectivity index (χ1v) is 8.83. The van der Waals surface area contributed by atoms with Crippen molar-refractivity contribution in [2.75, 3.05) is 0 Å². The molecule has 22 heavy (non-hydrogen) atoms. The monoisotopic (exact) mass is 302 g/mol. The fraction of sp³-hybridized carbons (Fsp3) is 0.789. The first-order chi connectivity index (χ1) is 10.4. The molecule has 3 fully saturated rings. The van der Waals surface area contributed by atoms with Crippen molar-refractivity contribution in [3.8, 4) is 0 Å². The fourth-order valence-corrected chi connectivity index (χ4v) is 6.30. The van der Waals surface area contributed by atoms with E-state index in [2.05, 4.69) is 13.8 Å². The molecule has 0 radical (unpaired) electrons. The number of allylic oxidation sites excluding steroid dienone is 1. The molecule has 1 N–H and O–H groups in total. The van der Waals surface area contributed by atoms with Crippen molar-refractivity contribution >= 4 is 11.6 Å². The molecular formula is C19H26O3. The molecule has 0 aromatic heterocycles. The molecule has 0 aromatic rings. The van der Waals surface area contributed by atoms with Gasteiger partial charge >= 0.3 is 0 Å². The largest absolute Gasteiger partial charge is 0.389 e. The van der Waals surface area contributed by atoms with Gasteiger partial charge in [-0.3, -0.25) is 9.59 Å². The second-order valence-corrected chi connectivity index (χ2v) is 8.53. The number of rotatable bonds is 0. The van der Waals surface area contributed by atoms with E-state index in [4.69, 9.17) is 0 Å². The van der Waals surface area contributed by atoms with Gasteiger partial charge in [0.15, 0.2) is 5.78 Å². The Morgan fingerprint density at radius 1 is 1.05 bits per heavy atom. The van der Waals surface area contributed by atoms with E-state index in [1.165, 1.54) is 0 Å². The lowest BCUT2D eigenvalue weighted by atomic mass is 9.47. The van der Waals surface area contributed by atoms with Crippen LogP contribution in [0.5, 0.6) is 0 Å². The SMILES string of the molecule is C[C@]12CCC(O)C=C1C(=O)C[C@@H]1[C@@H]2CC[C@]2(C)C(=O)CC[C@@H]12. The van der Waals surface area contributed by atoms with E-state index in [-0.39, 0.29) is 16.6 Å². The molecule has 120 valence electrons. The normalized spacial score (nSPS) is 51.0. The van der Waals surface area contributed by atoms with Gasteiger partial charge in [0, 0.05) is 18.3 Å². The minimum absolute atomic E-state index is 0.0772. The summed E-state index contributed by atoms with van der Waals surface area (Å²) in [6, 6.07) is 0. The molecule has 0 heterocycles. The zero-order chi connectivity index (χ0) is 15.7. The number of ketones is 2. The maximum atomic E-state index is 12.7. The molecule has 0 aliphatic heterocycles. The summed E-state index contributed by atoms with van der Waals surface area (Å²) in [5.74, 6) is 1.93. The van der Waals surface area contributed by atoms with Crippen molar-refractivity contribution in [2.45, 2.75) is 64.9 Å². The van der Waals surface area contributed by atoms with Crippen LogP contribution in [0.4, 0.5) is 0 Å². The third-order valence-corrected chi connectivity index (χ3v) is 7.62. The van der Waals surface area contributed by atoms with E-state index >= 15 is 0 Å². The second-order valence-electron chi connectivity index (χ2n) is 8.53. The Morgan fingerprint density at radius 2 is 1.73 bits per heavy atom. The minimum atomic E-state index is -0.453. The summed E-state index contributed by atoms with van der Waals surface area (Å²) >= 11 is 0. The van der Waals surface area contributed by atoms with Crippen LogP contribution < -0.4 is 0 Å². The minimum Gasteiger partial charge on any atom is -0.389 e. The molecule has 4 rings (SSSR count). The number of aliphatic hydroxyl groups excluding tert-OH is 1. The Morgan fingerprint density at radius 3 is 2.50 bits per heavy atom. The molecule has 0 bridgehead atoms. The van der Waals surface area contributed by atoms with Crippen LogP contribution in [0.25, 0.3) is 0 Å². The van der Waals surface area contributed by atoms with Gasteiger partial charge in [-0.15, -0.1) is 0 Å². The third kappa shape index (κ3) is 1.72. The zero-order valence-electron chi connectivity index (χ0n) is 13.6. The highest BCUT2D eigenvalue weighted by Gasteiger charge is 2.60. The maximum absolute atomic E-state index is 12.7. The lowest BCUT2D eigenvalue weighted by molar-refractivity contribution is -0.137. The van der Waals surface area contributed by atoms with Crippen LogP contribution in [0, 0.1) is 28.6 Å². The third-order valence-electron chi connectivity index (χ3n) is 7.62. The molecule has 0 saturated heterocycles. The number of hydrogen-bond acceptors (Lipinski definition) is 3. The lowest BCUT2D eigenvalue weighted by Gasteiger charge is -2.56. The summed E-state index contributed by atoms with van der Waals surface area (Å²) in [6.45, 7) is 4.38. The summed E-state index contributed by atoms with van der Waals surface area (Å²) in [6.07, 6.45) is 7.35. The van der Waals surface area contributed by atoms with Crippen LogP contribution in [-0.4, -0.2) is 22.8 Å². The molecule has 0 amide bonds. The van der Waals surface area contributed by atoms with E-state index in [9.17, 15) is 14.7 Å². The molecule has 3 nitrogen and oxygen atoms in total. The van der Waals surface area contributed by atoms with Crippen molar-refractivity contribution in [1.29, 1.82) is 0 Å². The van der Waals surface area contributed by atoms with Gasteiger partial charge in [-0.25, -0.2) is 0 Å². The van der Waals surface area contributed by atoms with Gasteiger partial charge in [0.2, 0.25) is 0 Å². The quantitative estimate of drug-likeness (QED) is 0.748. The number of fused-ring (bicyclic) bond motifs is 5. The average molecular weight is 302 g/mol. The predicted octanol–water partition coefficient (Wildman–Crippen LogP) is 3.06. The van der Waals surface area contributed by atoms with E-state index in [1.807, 2.05) is 6.08 Å². The molecule has 3 saturated carbocycles. The highest BCUT2D eigenvalue weighted by atomic mass is 16.3. The standard InChI is InChI=1S/C19H26O3/c1-18-7-5-11(20)9-15(18)16(21)10-12-13-3-4-17(22)19(13,2)8-6-14(12)18/h9,11-14,20H,3-8,10H2,1-2H3/t11?,12-,13-,14-,18+,19-/m0/s1. The molecule has 4 aliphatic carbocycles. The van der Waals surface area contributed by atoms with Gasteiger partial charge in [0.05, 0.1) is 6.10 Å². The van der Waals surface area contributed by atoms with E-state index in [0.717, 1.165) is 37.7 Å². The first-order valence-electron chi connectivity index (χ1n) is 8.83. The van der Waals surface area contributed by atoms with Crippen LogP contribution in [0.2, 0.25) is 0 Å². The first kappa shape index (κ1) is 14.6. The Balaban J connectivity index is 1.75. The Kier molecular flexibility index (Phi) is 3.01. The maximum Gasteiger partial charge on any atom is 0.159 e. The molecular weight excluding hydrogens is 276 g/mol. The molecule has 1 unspecified atom stereocenters. The Bertz CT molecular complexity index is 577. The van der Waals surface area contributed by atoms with Crippen LogP contribution in [0.3, 0.4) is 0 Å². The molecule has 0 aromatic carbocycles. The molecule has 4 aliphatic rings. The van der Waals surface area contributed by atoms with Gasteiger partial charge < -0.3 is 5.11 Å². The van der Waals surface area contributed by atoms with Crippen LogP contribution in [0.15, 0.2) is 11.6 Å². The van der Waals surface area contributed by atoms with Crippen molar-refractivity contribution in [3.05, 3.63) is 11.6 Å². The number of carbonyl (C=O) groups excluding carboxylic acids is 2. The van der Waals surface area contributed by atoms with Gasteiger partial charge in [-0.1, -0.05) is 13.8 Å². The summed E-state index contributed by atoms with van der Waals surface area (Å²) < 4.78 is 0. The summed E-state index contributed by atoms with van der Waals surface area (Å²) in [5.41, 5.74) is 0.639. The average Bonchev–Trinajstić information content (AvgIpc) is 2.77. The van der Waals surface area contributed by atoms with Crippen LogP contribution in [0.1, 0.15) is 58.8 Å². The second kappa shape index (κ2) is 4.53. The molecule has 0 spiro atoms. The Labute approximate surface area is 132 Å². The van der Waals surface area contributed by atoms with Crippen LogP contribution >= 0.6 is 0 Å². The number of carbonyl (C=O) groups is 2. The van der Waals surface area contributed by atoms with Gasteiger partial charge in [0.25, 0.3) is 0 Å². The van der Waals surface area contributed by atoms with Gasteiger partial charge in [-0.2, -0.15) is 0 Å². The summed E-state index contributed by atoms with van der Waals surface area (Å²) in [4.78, 5) is 25.1. The van der Waals surface area contributed by atoms with Gasteiger partial charge in [-0.05, 0) is 66.9 Å². The van der Waals surface area contributed by atoms with E-state index in [0.29, 0.717) is 36.4 Å². The number of aliphatic hydroxyl groups is 1. The van der Waals surface area contributed by atoms with Gasteiger partial charge in [0.1, 0.15) is 5.78 Å². The fourth-order valence-electron chi connectivity index (χ4n) is 6.30. The van der Waals surface area contributed by atoms with Crippen LogP contribution in [-0.2, 0) is 9.59 Å². The molecule has 6 atom stereocenters. The van der Waals surface area contributed by atoms with E-state index < -0.39 is 6.10 Å². The number of hydrogen-bond donors (Lipinski definition) is 1. The Hall–Kier alpha value is -0.960. The highest BCUT2D eigenvalue weighted by Crippen LogP contribution is 2.63. The van der Waals surface area contributed by atoms with Crippen molar-refractivity contribution in [2.24, 2.45) is 28.6 Å². The van der Waals surface area contributed by atoms with Crippen molar-refractivity contribution < 1.29 is 14.7 Å². The van der Waals surface area contributed by atoms with E-state index in [1.54, 1.807) is 0 Å². The topological polar surface area (TPSA) is 54.4 Å². The zero-order valence-corrected chi connectivity index (χ0v) is 13.6. The highest BCUT2D eigenvalue weighted by molar-refractivity contribution is 5.98. The molecule has 3 heteroatoms. The lowest BCUT2D eigenvalue weighted by Crippen LogP contribution is -2.53. The number of Topliss-reactive ketones (excluding diaryl/α,β-unsaturated/α-hetero) is 2. The predicted molar refractivity (Wildman–Crippen MR) is 83.1 cm³/mol. The van der Waals surface area contributed by atoms with Crippen molar-refractivity contribution in [1.82, 2.24) is 0 Å². The summed E-state index contributed by atoms with van der Waals surface area (Å²) in [7, 11) is 0. The smallest absolute Gasteiger partial charge is 0.159 e. The van der Waals surface area contributed by atoms with Crippen molar-refractivity contribution in [3.63, 3.8) is 0 Å². The summed E-state index contributed by atoms with van der Waals surface area (Å²) in [5, 5.41) is 9.93.